The zero-order chi connectivity index (χ0) is 14.9. The van der Waals surface area contributed by atoms with Gasteiger partial charge in [0.05, 0.1) is 23.8 Å². The zero-order valence-electron chi connectivity index (χ0n) is 11.6. The SMILES string of the molecule is CCC1COCCN1S(=O)(=O)c1cc(C)c(F)c(N)c1. The van der Waals surface area contributed by atoms with Crippen molar-refractivity contribution in [2.24, 2.45) is 0 Å². The van der Waals surface area contributed by atoms with E-state index in [2.05, 4.69) is 0 Å². The number of nitrogens with two attached hydrogens (primary N) is 1. The van der Waals surface area contributed by atoms with Crippen molar-refractivity contribution < 1.29 is 17.5 Å². The molecular formula is C13H19FN2O3S. The fraction of sp³-hybridized carbons (Fsp3) is 0.538. The molecule has 20 heavy (non-hydrogen) atoms. The van der Waals surface area contributed by atoms with E-state index in [0.29, 0.717) is 26.2 Å². The van der Waals surface area contributed by atoms with E-state index in [9.17, 15) is 12.8 Å². The minimum absolute atomic E-state index is 0.0363. The Bertz CT molecular complexity index is 581. The van der Waals surface area contributed by atoms with Crippen molar-refractivity contribution in [1.29, 1.82) is 0 Å². The number of ether oxygens (including phenoxy) is 1. The summed E-state index contributed by atoms with van der Waals surface area (Å²) in [7, 11) is -3.68. The standard InChI is InChI=1S/C13H19FN2O3S/c1-3-10-8-19-5-4-16(10)20(17,18)11-6-9(2)13(14)12(15)7-11/h6-7,10H,3-5,8,15H2,1-2H3. The first-order chi connectivity index (χ1) is 9.37. The van der Waals surface area contributed by atoms with Gasteiger partial charge in [0.2, 0.25) is 10.0 Å². The zero-order valence-corrected chi connectivity index (χ0v) is 12.4. The summed E-state index contributed by atoms with van der Waals surface area (Å²) >= 11 is 0. The molecule has 1 atom stereocenters. The number of sulfonamides is 1. The topological polar surface area (TPSA) is 72.6 Å². The highest BCUT2D eigenvalue weighted by Gasteiger charge is 2.33. The van der Waals surface area contributed by atoms with Gasteiger partial charge in [-0.05, 0) is 31.0 Å². The van der Waals surface area contributed by atoms with Crippen LogP contribution in [0.2, 0.25) is 0 Å². The molecule has 0 saturated carbocycles. The van der Waals surface area contributed by atoms with E-state index in [4.69, 9.17) is 10.5 Å². The molecule has 1 aromatic carbocycles. The van der Waals surface area contributed by atoms with Gasteiger partial charge < -0.3 is 10.5 Å². The Balaban J connectivity index is 2.44. The number of hydrogen-bond donors (Lipinski definition) is 1. The minimum Gasteiger partial charge on any atom is -0.396 e. The van der Waals surface area contributed by atoms with Crippen LogP contribution in [-0.4, -0.2) is 38.5 Å². The second-order valence-electron chi connectivity index (χ2n) is 4.90. The first kappa shape index (κ1) is 15.2. The van der Waals surface area contributed by atoms with Gasteiger partial charge in [-0.15, -0.1) is 0 Å². The van der Waals surface area contributed by atoms with Crippen molar-refractivity contribution >= 4 is 15.7 Å². The van der Waals surface area contributed by atoms with Crippen molar-refractivity contribution in [2.75, 3.05) is 25.5 Å². The molecule has 0 aromatic heterocycles. The van der Waals surface area contributed by atoms with E-state index < -0.39 is 15.8 Å². The third-order valence-corrected chi connectivity index (χ3v) is 5.44. The number of hydrogen-bond acceptors (Lipinski definition) is 4. The second kappa shape index (κ2) is 5.67. The van der Waals surface area contributed by atoms with Crippen molar-refractivity contribution in [3.63, 3.8) is 0 Å². The number of nitrogens with zero attached hydrogens (tertiary/aromatic N) is 1. The summed E-state index contributed by atoms with van der Waals surface area (Å²) < 4.78 is 45.6. The summed E-state index contributed by atoms with van der Waals surface area (Å²) in [6, 6.07) is 2.31. The molecule has 1 fully saturated rings. The van der Waals surface area contributed by atoms with Crippen LogP contribution in [0.25, 0.3) is 0 Å². The van der Waals surface area contributed by atoms with Crippen molar-refractivity contribution in [1.82, 2.24) is 4.31 Å². The van der Waals surface area contributed by atoms with E-state index in [-0.39, 0.29) is 22.2 Å². The molecule has 1 aromatic rings. The summed E-state index contributed by atoms with van der Waals surface area (Å²) in [5.41, 5.74) is 5.61. The average molecular weight is 302 g/mol. The smallest absolute Gasteiger partial charge is 0.243 e. The molecule has 0 spiro atoms. The minimum atomic E-state index is -3.68. The molecule has 1 unspecified atom stereocenters. The molecule has 0 aliphatic carbocycles. The van der Waals surface area contributed by atoms with Gasteiger partial charge in [-0.2, -0.15) is 4.31 Å². The maximum atomic E-state index is 13.5. The molecule has 2 rings (SSSR count). The highest BCUT2D eigenvalue weighted by molar-refractivity contribution is 7.89. The number of rotatable bonds is 3. The Morgan fingerprint density at radius 1 is 1.50 bits per heavy atom. The van der Waals surface area contributed by atoms with E-state index in [1.54, 1.807) is 0 Å². The highest BCUT2D eigenvalue weighted by Crippen LogP contribution is 2.26. The Morgan fingerprint density at radius 2 is 2.20 bits per heavy atom. The highest BCUT2D eigenvalue weighted by atomic mass is 32.2. The Labute approximate surface area is 118 Å². The summed E-state index contributed by atoms with van der Waals surface area (Å²) in [5, 5.41) is 0. The van der Waals surface area contributed by atoms with Crippen LogP contribution in [0.4, 0.5) is 10.1 Å². The maximum Gasteiger partial charge on any atom is 0.243 e. The number of anilines is 1. The lowest BCUT2D eigenvalue weighted by Gasteiger charge is -2.34. The van der Waals surface area contributed by atoms with Gasteiger partial charge in [0.15, 0.2) is 0 Å². The first-order valence-electron chi connectivity index (χ1n) is 6.53. The molecule has 112 valence electrons. The quantitative estimate of drug-likeness (QED) is 0.859. The van der Waals surface area contributed by atoms with Gasteiger partial charge in [0.25, 0.3) is 0 Å². The lowest BCUT2D eigenvalue weighted by Crippen LogP contribution is -2.48. The molecule has 1 heterocycles. The molecule has 0 radical (unpaired) electrons. The number of aryl methyl sites for hydroxylation is 1. The van der Waals surface area contributed by atoms with Crippen LogP contribution in [0.1, 0.15) is 18.9 Å². The third-order valence-electron chi connectivity index (χ3n) is 3.51. The maximum absolute atomic E-state index is 13.5. The fourth-order valence-electron chi connectivity index (χ4n) is 2.32. The van der Waals surface area contributed by atoms with Crippen molar-refractivity contribution in [3.8, 4) is 0 Å². The molecule has 2 N–H and O–H groups in total. The van der Waals surface area contributed by atoms with Gasteiger partial charge in [-0.1, -0.05) is 6.92 Å². The second-order valence-corrected chi connectivity index (χ2v) is 6.79. The van der Waals surface area contributed by atoms with Crippen molar-refractivity contribution in [3.05, 3.63) is 23.5 Å². The Hall–Kier alpha value is -1.18. The molecule has 7 heteroatoms. The molecule has 1 saturated heterocycles. The van der Waals surface area contributed by atoms with Crippen LogP contribution in [0, 0.1) is 12.7 Å². The van der Waals surface area contributed by atoms with Gasteiger partial charge in [0.1, 0.15) is 5.82 Å². The molecule has 1 aliphatic rings. The summed E-state index contributed by atoms with van der Waals surface area (Å²) in [6.07, 6.45) is 0.662. The van der Waals surface area contributed by atoms with Crippen LogP contribution in [0.15, 0.2) is 17.0 Å². The van der Waals surface area contributed by atoms with E-state index in [0.717, 1.165) is 0 Å². The normalized spacial score (nSPS) is 21.1. The van der Waals surface area contributed by atoms with E-state index in [1.807, 2.05) is 6.92 Å². The largest absolute Gasteiger partial charge is 0.396 e. The lowest BCUT2D eigenvalue weighted by molar-refractivity contribution is 0.0314. The Kier molecular flexibility index (Phi) is 4.31. The summed E-state index contributed by atoms with van der Waals surface area (Å²) in [6.45, 7) is 4.46. The molecule has 0 amide bonds. The van der Waals surface area contributed by atoms with E-state index >= 15 is 0 Å². The fourth-order valence-corrected chi connectivity index (χ4v) is 4.11. The predicted octanol–water partition coefficient (Wildman–Crippen LogP) is 1.52. The molecule has 5 nitrogen and oxygen atoms in total. The third kappa shape index (κ3) is 2.65. The van der Waals surface area contributed by atoms with Crippen LogP contribution >= 0.6 is 0 Å². The summed E-state index contributed by atoms with van der Waals surface area (Å²) in [4.78, 5) is 0.0363. The van der Waals surface area contributed by atoms with Crippen LogP contribution in [0.5, 0.6) is 0 Å². The number of benzene rings is 1. The molecule has 1 aliphatic heterocycles. The van der Waals surface area contributed by atoms with E-state index in [1.165, 1.54) is 23.4 Å². The van der Waals surface area contributed by atoms with Crippen molar-refractivity contribution in [2.45, 2.75) is 31.2 Å². The Morgan fingerprint density at radius 3 is 2.80 bits per heavy atom. The monoisotopic (exact) mass is 302 g/mol. The lowest BCUT2D eigenvalue weighted by atomic mass is 10.2. The van der Waals surface area contributed by atoms with Gasteiger partial charge >= 0.3 is 0 Å². The first-order valence-corrected chi connectivity index (χ1v) is 7.97. The van der Waals surface area contributed by atoms with Gasteiger partial charge in [0, 0.05) is 12.6 Å². The predicted molar refractivity (Wildman–Crippen MR) is 74.3 cm³/mol. The van der Waals surface area contributed by atoms with Crippen LogP contribution in [0.3, 0.4) is 0 Å². The van der Waals surface area contributed by atoms with Gasteiger partial charge in [-0.25, -0.2) is 12.8 Å². The molecule has 0 bridgehead atoms. The number of morpholine rings is 1. The van der Waals surface area contributed by atoms with Gasteiger partial charge in [-0.3, -0.25) is 0 Å². The average Bonchev–Trinajstić information content (AvgIpc) is 2.44. The van der Waals surface area contributed by atoms with Crippen LogP contribution in [-0.2, 0) is 14.8 Å². The summed E-state index contributed by atoms with van der Waals surface area (Å²) in [5.74, 6) is -0.571. The van der Waals surface area contributed by atoms with Crippen LogP contribution < -0.4 is 5.73 Å². The molecular weight excluding hydrogens is 283 g/mol. The number of halogens is 1. The number of nitrogen functional groups attached to an aromatic ring is 1.